The molecule has 1 saturated heterocycles. The summed E-state index contributed by atoms with van der Waals surface area (Å²) in [6.45, 7) is 0.536. The smallest absolute Gasteiger partial charge is 0.422 e. The van der Waals surface area contributed by atoms with Crippen molar-refractivity contribution < 1.29 is 37.1 Å². The topological polar surface area (TPSA) is 94.4 Å². The van der Waals surface area contributed by atoms with E-state index in [0.717, 1.165) is 23.8 Å². The van der Waals surface area contributed by atoms with Gasteiger partial charge in [0.05, 0.1) is 19.1 Å². The molecule has 2 aromatic carbocycles. The van der Waals surface area contributed by atoms with Crippen LogP contribution >= 0.6 is 0 Å². The molecule has 0 atom stereocenters. The number of carbonyl (C=O) groups excluding carboxylic acids is 1. The molecule has 12 heteroatoms. The lowest BCUT2D eigenvalue weighted by atomic mass is 10.1. The van der Waals surface area contributed by atoms with E-state index in [9.17, 15) is 28.1 Å². The van der Waals surface area contributed by atoms with Crippen LogP contribution in [-0.4, -0.2) is 73.8 Å². The van der Waals surface area contributed by atoms with Crippen LogP contribution in [0.2, 0.25) is 0 Å². The largest absolute Gasteiger partial charge is 0.497 e. The van der Waals surface area contributed by atoms with Crippen molar-refractivity contribution >= 4 is 11.6 Å². The van der Waals surface area contributed by atoms with Crippen LogP contribution in [-0.2, 0) is 6.54 Å². The zero-order valence-electron chi connectivity index (χ0n) is 18.6. The zero-order chi connectivity index (χ0) is 24.9. The van der Waals surface area contributed by atoms with Crippen LogP contribution in [0.15, 0.2) is 36.4 Å². The number of hydrogen-bond acceptors (Lipinski definition) is 7. The summed E-state index contributed by atoms with van der Waals surface area (Å²) in [5.74, 6) is 0.480. The van der Waals surface area contributed by atoms with Crippen LogP contribution in [0.1, 0.15) is 15.9 Å². The molecule has 184 valence electrons. The van der Waals surface area contributed by atoms with Crippen molar-refractivity contribution in [2.75, 3.05) is 47.0 Å². The number of nitro benzene ring substituents is 1. The van der Waals surface area contributed by atoms with E-state index in [-0.39, 0.29) is 24.4 Å². The molecular weight excluding hydrogens is 459 g/mol. The SMILES string of the molecule is COc1ccc(OC)c(CN2CCN(C(=O)c3cc(OCC(F)(F)F)ccc3[N+](=O)[O-])CC2)c1. The van der Waals surface area contributed by atoms with Crippen molar-refractivity contribution in [3.63, 3.8) is 0 Å². The summed E-state index contributed by atoms with van der Waals surface area (Å²) >= 11 is 0. The van der Waals surface area contributed by atoms with Crippen LogP contribution in [0.3, 0.4) is 0 Å². The summed E-state index contributed by atoms with van der Waals surface area (Å²) in [5, 5.41) is 11.4. The fraction of sp³-hybridized carbons (Fsp3) is 0.409. The quantitative estimate of drug-likeness (QED) is 0.419. The molecule has 1 heterocycles. The number of amides is 1. The summed E-state index contributed by atoms with van der Waals surface area (Å²) in [7, 11) is 3.14. The number of piperazine rings is 1. The van der Waals surface area contributed by atoms with E-state index >= 15 is 0 Å². The van der Waals surface area contributed by atoms with E-state index in [1.165, 1.54) is 4.90 Å². The third kappa shape index (κ3) is 6.28. The molecule has 2 aromatic rings. The molecule has 1 amide bonds. The predicted molar refractivity (Wildman–Crippen MR) is 115 cm³/mol. The Morgan fingerprint density at radius 1 is 1.03 bits per heavy atom. The number of nitro groups is 1. The van der Waals surface area contributed by atoms with E-state index in [4.69, 9.17) is 9.47 Å². The molecule has 1 fully saturated rings. The van der Waals surface area contributed by atoms with Gasteiger partial charge in [-0.2, -0.15) is 13.2 Å². The van der Waals surface area contributed by atoms with Gasteiger partial charge in [-0.25, -0.2) is 0 Å². The lowest BCUT2D eigenvalue weighted by Gasteiger charge is -2.35. The number of benzene rings is 2. The molecule has 9 nitrogen and oxygen atoms in total. The van der Waals surface area contributed by atoms with Crippen LogP contribution in [0.25, 0.3) is 0 Å². The van der Waals surface area contributed by atoms with Gasteiger partial charge in [0, 0.05) is 44.4 Å². The molecule has 0 bridgehead atoms. The van der Waals surface area contributed by atoms with Crippen molar-refractivity contribution in [2.45, 2.75) is 12.7 Å². The van der Waals surface area contributed by atoms with Crippen LogP contribution < -0.4 is 14.2 Å². The number of ether oxygens (including phenoxy) is 3. The molecule has 34 heavy (non-hydrogen) atoms. The van der Waals surface area contributed by atoms with Gasteiger partial charge in [-0.15, -0.1) is 0 Å². The van der Waals surface area contributed by atoms with Gasteiger partial charge in [0.2, 0.25) is 0 Å². The van der Waals surface area contributed by atoms with E-state index in [2.05, 4.69) is 9.64 Å². The molecule has 3 rings (SSSR count). The van der Waals surface area contributed by atoms with Gasteiger partial charge in [-0.1, -0.05) is 0 Å². The molecule has 0 aromatic heterocycles. The first-order valence-corrected chi connectivity index (χ1v) is 10.3. The monoisotopic (exact) mass is 483 g/mol. The molecule has 0 radical (unpaired) electrons. The number of alkyl halides is 3. The summed E-state index contributed by atoms with van der Waals surface area (Å²) in [6, 6.07) is 8.47. The fourth-order valence-corrected chi connectivity index (χ4v) is 3.63. The molecule has 0 aliphatic carbocycles. The first-order chi connectivity index (χ1) is 16.1. The van der Waals surface area contributed by atoms with Crippen molar-refractivity contribution in [1.29, 1.82) is 0 Å². The minimum atomic E-state index is -4.58. The van der Waals surface area contributed by atoms with Crippen LogP contribution in [0.4, 0.5) is 18.9 Å². The summed E-state index contributed by atoms with van der Waals surface area (Å²) in [5.41, 5.74) is 0.104. The highest BCUT2D eigenvalue weighted by molar-refractivity contribution is 5.98. The summed E-state index contributed by atoms with van der Waals surface area (Å²) in [6.07, 6.45) is -4.58. The molecular formula is C22H24F3N3O6. The third-order valence-corrected chi connectivity index (χ3v) is 5.34. The highest BCUT2D eigenvalue weighted by atomic mass is 19.4. The Kier molecular flexibility index (Phi) is 7.82. The van der Waals surface area contributed by atoms with Crippen molar-refractivity contribution in [1.82, 2.24) is 9.80 Å². The van der Waals surface area contributed by atoms with Gasteiger partial charge in [0.15, 0.2) is 6.61 Å². The van der Waals surface area contributed by atoms with E-state index in [0.29, 0.717) is 31.1 Å². The summed E-state index contributed by atoms with van der Waals surface area (Å²) < 4.78 is 52.7. The number of nitrogens with zero attached hydrogens (tertiary/aromatic N) is 3. The molecule has 1 aliphatic heterocycles. The number of carbonyl (C=O) groups is 1. The average molecular weight is 483 g/mol. The average Bonchev–Trinajstić information content (AvgIpc) is 2.82. The van der Waals surface area contributed by atoms with Crippen molar-refractivity contribution in [3.05, 3.63) is 57.6 Å². The molecule has 0 unspecified atom stereocenters. The second-order valence-corrected chi connectivity index (χ2v) is 7.59. The second-order valence-electron chi connectivity index (χ2n) is 7.59. The fourth-order valence-electron chi connectivity index (χ4n) is 3.63. The highest BCUT2D eigenvalue weighted by Gasteiger charge is 2.31. The lowest BCUT2D eigenvalue weighted by Crippen LogP contribution is -2.48. The van der Waals surface area contributed by atoms with E-state index in [1.54, 1.807) is 26.4 Å². The van der Waals surface area contributed by atoms with Gasteiger partial charge in [-0.3, -0.25) is 19.8 Å². The van der Waals surface area contributed by atoms with Crippen molar-refractivity contribution in [2.24, 2.45) is 0 Å². The molecule has 1 aliphatic rings. The zero-order valence-corrected chi connectivity index (χ0v) is 18.6. The molecule has 0 N–H and O–H groups in total. The minimum Gasteiger partial charge on any atom is -0.497 e. The first-order valence-electron chi connectivity index (χ1n) is 10.3. The van der Waals surface area contributed by atoms with Crippen molar-refractivity contribution in [3.8, 4) is 17.2 Å². The Bertz CT molecular complexity index is 1040. The molecule has 0 saturated carbocycles. The second kappa shape index (κ2) is 10.6. The van der Waals surface area contributed by atoms with Gasteiger partial charge in [0.1, 0.15) is 22.8 Å². The standard InChI is InChI=1S/C22H24F3N3O6/c1-32-16-4-6-20(33-2)15(11-16)13-26-7-9-27(10-8-26)21(29)18-12-17(34-14-22(23,24)25)3-5-19(18)28(30)31/h3-6,11-12H,7-10,13-14H2,1-2H3. The maximum atomic E-state index is 13.0. The number of hydrogen-bond donors (Lipinski definition) is 0. The predicted octanol–water partition coefficient (Wildman–Crippen LogP) is 3.51. The van der Waals surface area contributed by atoms with E-state index in [1.807, 2.05) is 6.07 Å². The van der Waals surface area contributed by atoms with Gasteiger partial charge >= 0.3 is 6.18 Å². The Balaban J connectivity index is 1.69. The normalized spacial score (nSPS) is 14.6. The lowest BCUT2D eigenvalue weighted by molar-refractivity contribution is -0.385. The number of halogens is 3. The Morgan fingerprint density at radius 2 is 1.71 bits per heavy atom. The Hall–Kier alpha value is -3.54. The first kappa shape index (κ1) is 25.1. The van der Waals surface area contributed by atoms with Gasteiger partial charge < -0.3 is 19.1 Å². The maximum absolute atomic E-state index is 13.0. The van der Waals surface area contributed by atoms with Crippen LogP contribution in [0, 0.1) is 10.1 Å². The van der Waals surface area contributed by atoms with E-state index < -0.39 is 29.3 Å². The number of rotatable bonds is 8. The summed E-state index contributed by atoms with van der Waals surface area (Å²) in [4.78, 5) is 27.2. The van der Waals surface area contributed by atoms with Gasteiger partial charge in [-0.05, 0) is 30.3 Å². The maximum Gasteiger partial charge on any atom is 0.422 e. The number of methoxy groups -OCH3 is 2. The third-order valence-electron chi connectivity index (χ3n) is 5.34. The Morgan fingerprint density at radius 3 is 2.29 bits per heavy atom. The van der Waals surface area contributed by atoms with Gasteiger partial charge in [0.25, 0.3) is 11.6 Å². The molecule has 0 spiro atoms. The van der Waals surface area contributed by atoms with Crippen LogP contribution in [0.5, 0.6) is 17.2 Å². The minimum absolute atomic E-state index is 0.268. The highest BCUT2D eigenvalue weighted by Crippen LogP contribution is 2.28. The Labute approximate surface area is 193 Å².